The summed E-state index contributed by atoms with van der Waals surface area (Å²) < 4.78 is 5.22. The van der Waals surface area contributed by atoms with Gasteiger partial charge >= 0.3 is 12.1 Å². The monoisotopic (exact) mass is 587 g/mol. The highest BCUT2D eigenvalue weighted by atomic mass is 16.5. The Hall–Kier alpha value is -4.41. The molecule has 2 aliphatic heterocycles. The Labute approximate surface area is 252 Å². The number of aromatic nitrogens is 3. The molecule has 3 aromatic rings. The molecule has 1 fully saturated rings. The number of aliphatic carboxylic acids is 1. The Morgan fingerprint density at radius 1 is 1.12 bits per heavy atom. The van der Waals surface area contributed by atoms with Crippen LogP contribution in [0, 0.1) is 5.92 Å². The number of nitrogens with one attached hydrogen (secondary N) is 3. The van der Waals surface area contributed by atoms with E-state index in [4.69, 9.17) is 9.72 Å². The number of benzene rings is 1. The van der Waals surface area contributed by atoms with E-state index >= 15 is 0 Å². The fourth-order valence-electron chi connectivity index (χ4n) is 5.69. The molecular weight excluding hydrogens is 546 g/mol. The van der Waals surface area contributed by atoms with Crippen molar-refractivity contribution in [3.05, 3.63) is 71.2 Å². The van der Waals surface area contributed by atoms with Gasteiger partial charge < -0.3 is 30.7 Å². The molecular formula is C32H41N7O4. The largest absolute Gasteiger partial charge is 0.480 e. The van der Waals surface area contributed by atoms with Crippen LogP contribution < -0.4 is 20.9 Å². The minimum Gasteiger partial charge on any atom is -0.480 e. The molecule has 228 valence electrons. The third-order valence-corrected chi connectivity index (χ3v) is 7.94. The number of anilines is 3. The molecule has 2 aromatic heterocycles. The van der Waals surface area contributed by atoms with E-state index in [9.17, 15) is 14.7 Å². The number of piperidine rings is 1. The van der Waals surface area contributed by atoms with Crippen molar-refractivity contribution < 1.29 is 19.4 Å². The van der Waals surface area contributed by atoms with E-state index in [0.717, 1.165) is 80.2 Å². The summed E-state index contributed by atoms with van der Waals surface area (Å²) in [6.45, 7) is 6.91. The van der Waals surface area contributed by atoms with Crippen LogP contribution in [-0.2, 0) is 29.0 Å². The lowest BCUT2D eigenvalue weighted by molar-refractivity contribution is -0.139. The van der Waals surface area contributed by atoms with Gasteiger partial charge in [0.15, 0.2) is 0 Å². The topological polar surface area (TPSA) is 142 Å². The number of hydrogen-bond donors (Lipinski definition) is 4. The predicted octanol–water partition coefficient (Wildman–Crippen LogP) is 4.60. The molecule has 0 unspecified atom stereocenters. The number of fused-ring (bicyclic) bond motifs is 1. The Morgan fingerprint density at radius 3 is 2.65 bits per heavy atom. The molecule has 0 radical (unpaired) electrons. The molecule has 0 saturated carbocycles. The molecule has 4 heterocycles. The van der Waals surface area contributed by atoms with Gasteiger partial charge in [0.1, 0.15) is 36.4 Å². The van der Waals surface area contributed by atoms with Crippen LogP contribution in [0.4, 0.5) is 22.2 Å². The maximum absolute atomic E-state index is 12.4. The zero-order chi connectivity index (χ0) is 30.2. The zero-order valence-corrected chi connectivity index (χ0v) is 24.9. The molecule has 4 N–H and O–H groups in total. The quantitative estimate of drug-likeness (QED) is 0.251. The van der Waals surface area contributed by atoms with Gasteiger partial charge in [-0.25, -0.2) is 24.5 Å². The number of pyridine rings is 1. The fraction of sp³-hybridized carbons (Fsp3) is 0.469. The van der Waals surface area contributed by atoms with Crippen molar-refractivity contribution >= 4 is 29.5 Å². The van der Waals surface area contributed by atoms with E-state index in [1.807, 2.05) is 30.3 Å². The predicted molar refractivity (Wildman–Crippen MR) is 165 cm³/mol. The second-order valence-corrected chi connectivity index (χ2v) is 11.6. The SMILES string of the molecule is CC(C)Cc1c(NC[C@H](NC(=O)OCc2ccccc2)C(=O)O)ncnc1N1CCC(c2ccc3c(n2)NCCC3)CC1. The Kier molecular flexibility index (Phi) is 9.91. The summed E-state index contributed by atoms with van der Waals surface area (Å²) in [7, 11) is 0. The lowest BCUT2D eigenvalue weighted by atomic mass is 9.91. The Balaban J connectivity index is 1.23. The average molecular weight is 588 g/mol. The normalized spacial score (nSPS) is 15.7. The summed E-state index contributed by atoms with van der Waals surface area (Å²) in [5.41, 5.74) is 4.21. The summed E-state index contributed by atoms with van der Waals surface area (Å²) in [5.74, 6) is 2.03. The second-order valence-electron chi connectivity index (χ2n) is 11.6. The van der Waals surface area contributed by atoms with Crippen LogP contribution in [0.2, 0.25) is 0 Å². The fourth-order valence-corrected chi connectivity index (χ4v) is 5.69. The maximum atomic E-state index is 12.4. The number of carboxylic acids is 1. The van der Waals surface area contributed by atoms with Crippen LogP contribution >= 0.6 is 0 Å². The van der Waals surface area contributed by atoms with Gasteiger partial charge in [0.2, 0.25) is 0 Å². The Bertz CT molecular complexity index is 1390. The number of carboxylic acid groups (broad SMARTS) is 1. The van der Waals surface area contributed by atoms with Crippen molar-refractivity contribution in [2.24, 2.45) is 5.92 Å². The molecule has 11 nitrogen and oxygen atoms in total. The number of alkyl carbamates (subject to hydrolysis) is 1. The third kappa shape index (κ3) is 7.91. The number of ether oxygens (including phenoxy) is 1. The van der Waals surface area contributed by atoms with Gasteiger partial charge in [0.05, 0.1) is 0 Å². The molecule has 1 amide bonds. The highest BCUT2D eigenvalue weighted by Crippen LogP contribution is 2.34. The highest BCUT2D eigenvalue weighted by Gasteiger charge is 2.27. The van der Waals surface area contributed by atoms with Crippen molar-refractivity contribution in [1.29, 1.82) is 0 Å². The molecule has 11 heteroatoms. The number of amides is 1. The van der Waals surface area contributed by atoms with E-state index in [1.165, 1.54) is 11.9 Å². The maximum Gasteiger partial charge on any atom is 0.408 e. The van der Waals surface area contributed by atoms with Crippen molar-refractivity contribution in [1.82, 2.24) is 20.3 Å². The van der Waals surface area contributed by atoms with Crippen LogP contribution in [0.5, 0.6) is 0 Å². The summed E-state index contributed by atoms with van der Waals surface area (Å²) in [6.07, 6.45) is 5.61. The summed E-state index contributed by atoms with van der Waals surface area (Å²) in [4.78, 5) is 40.7. The minimum absolute atomic E-state index is 0.0519. The molecule has 43 heavy (non-hydrogen) atoms. The van der Waals surface area contributed by atoms with Gasteiger partial charge in [0.25, 0.3) is 0 Å². The Morgan fingerprint density at radius 2 is 1.91 bits per heavy atom. The van der Waals surface area contributed by atoms with Crippen molar-refractivity contribution in [2.45, 2.75) is 64.5 Å². The van der Waals surface area contributed by atoms with Crippen LogP contribution in [0.1, 0.15) is 61.4 Å². The van der Waals surface area contributed by atoms with Crippen LogP contribution in [-0.4, -0.2) is 64.3 Å². The van der Waals surface area contributed by atoms with E-state index in [1.54, 1.807) is 0 Å². The van der Waals surface area contributed by atoms with Gasteiger partial charge in [-0.05, 0) is 55.2 Å². The number of carbonyl (C=O) groups excluding carboxylic acids is 1. The highest BCUT2D eigenvalue weighted by molar-refractivity contribution is 5.80. The first kappa shape index (κ1) is 30.1. The van der Waals surface area contributed by atoms with Crippen molar-refractivity contribution in [3.8, 4) is 0 Å². The van der Waals surface area contributed by atoms with Crippen LogP contribution in [0.3, 0.4) is 0 Å². The van der Waals surface area contributed by atoms with Crippen molar-refractivity contribution in [3.63, 3.8) is 0 Å². The number of carbonyl (C=O) groups is 2. The van der Waals surface area contributed by atoms with Gasteiger partial charge in [-0.1, -0.05) is 50.2 Å². The average Bonchev–Trinajstić information content (AvgIpc) is 3.02. The zero-order valence-electron chi connectivity index (χ0n) is 24.9. The molecule has 0 bridgehead atoms. The first-order valence-electron chi connectivity index (χ1n) is 15.1. The first-order chi connectivity index (χ1) is 20.9. The molecule has 1 saturated heterocycles. The number of aryl methyl sites for hydroxylation is 1. The van der Waals surface area contributed by atoms with Crippen LogP contribution in [0.25, 0.3) is 0 Å². The van der Waals surface area contributed by atoms with E-state index in [-0.39, 0.29) is 13.2 Å². The smallest absolute Gasteiger partial charge is 0.408 e. The number of nitrogens with zero attached hydrogens (tertiary/aromatic N) is 4. The number of rotatable bonds is 11. The third-order valence-electron chi connectivity index (χ3n) is 7.94. The van der Waals surface area contributed by atoms with Gasteiger partial charge in [-0.2, -0.15) is 0 Å². The summed E-state index contributed by atoms with van der Waals surface area (Å²) in [5, 5.41) is 18.9. The van der Waals surface area contributed by atoms with Gasteiger partial charge in [-0.15, -0.1) is 0 Å². The summed E-state index contributed by atoms with van der Waals surface area (Å²) >= 11 is 0. The first-order valence-corrected chi connectivity index (χ1v) is 15.1. The second kappa shape index (κ2) is 14.2. The summed E-state index contributed by atoms with van der Waals surface area (Å²) in [6, 6.07) is 12.4. The molecule has 0 aliphatic carbocycles. The lowest BCUT2D eigenvalue weighted by Crippen LogP contribution is -2.45. The van der Waals surface area contributed by atoms with Crippen molar-refractivity contribution in [2.75, 3.05) is 41.7 Å². The van der Waals surface area contributed by atoms with Crippen LogP contribution in [0.15, 0.2) is 48.8 Å². The molecule has 1 atom stereocenters. The lowest BCUT2D eigenvalue weighted by Gasteiger charge is -2.34. The van der Waals surface area contributed by atoms with E-state index in [0.29, 0.717) is 17.7 Å². The minimum atomic E-state index is -1.21. The van der Waals surface area contributed by atoms with Gasteiger partial charge in [-0.3, -0.25) is 0 Å². The molecule has 2 aliphatic rings. The molecule has 1 aromatic carbocycles. The molecule has 0 spiro atoms. The number of hydrogen-bond acceptors (Lipinski definition) is 9. The standard InChI is InChI=1S/C32H41N7O4/c1-21(2)17-25-29(34-18-27(31(40)41)38-32(42)43-19-22-7-4-3-5-8-22)35-20-36-30(25)39-15-12-23(13-16-39)26-11-10-24-9-6-14-33-28(24)37-26/h3-5,7-8,10-11,20-21,23,27H,6,9,12-19H2,1-2H3,(H,33,37)(H,38,42)(H,40,41)(H,34,35,36)/t27-/m0/s1. The van der Waals surface area contributed by atoms with E-state index in [2.05, 4.69) is 56.8 Å². The van der Waals surface area contributed by atoms with E-state index < -0.39 is 18.1 Å². The molecule has 5 rings (SSSR count). The van der Waals surface area contributed by atoms with Gasteiger partial charge in [0, 0.05) is 43.4 Å².